The second-order valence-corrected chi connectivity index (χ2v) is 4.35. The Labute approximate surface area is 116 Å². The van der Waals surface area contributed by atoms with Crippen LogP contribution in [0.3, 0.4) is 0 Å². The largest absolute Gasteiger partial charge is 0.496 e. The zero-order valence-corrected chi connectivity index (χ0v) is 11.5. The Kier molecular flexibility index (Phi) is 5.44. The van der Waals surface area contributed by atoms with Gasteiger partial charge in [-0.1, -0.05) is 16.8 Å². The lowest BCUT2D eigenvalue weighted by Crippen LogP contribution is -2.30. The van der Waals surface area contributed by atoms with Gasteiger partial charge in [-0.05, 0) is 18.2 Å². The summed E-state index contributed by atoms with van der Waals surface area (Å²) in [4.78, 5) is 13.7. The van der Waals surface area contributed by atoms with Crippen LogP contribution in [-0.2, 0) is 0 Å². The van der Waals surface area contributed by atoms with Crippen molar-refractivity contribution in [2.75, 3.05) is 20.7 Å². The highest BCUT2D eigenvalue weighted by molar-refractivity contribution is 6.30. The number of carbonyl (C=O) groups excluding carboxylic acids is 1. The van der Waals surface area contributed by atoms with Gasteiger partial charge < -0.3 is 20.6 Å². The van der Waals surface area contributed by atoms with Crippen LogP contribution in [0.4, 0.5) is 0 Å². The first-order chi connectivity index (χ1) is 8.99. The summed E-state index contributed by atoms with van der Waals surface area (Å²) in [7, 11) is 3.10. The molecule has 104 valence electrons. The third-order valence-electron chi connectivity index (χ3n) is 2.57. The Morgan fingerprint density at radius 2 is 2.26 bits per heavy atom. The van der Waals surface area contributed by atoms with E-state index >= 15 is 0 Å². The van der Waals surface area contributed by atoms with Gasteiger partial charge in [-0.3, -0.25) is 4.79 Å². The van der Waals surface area contributed by atoms with Crippen LogP contribution in [-0.4, -0.2) is 42.6 Å². The molecule has 1 aromatic carbocycles. The number of ether oxygens (including phenoxy) is 1. The summed E-state index contributed by atoms with van der Waals surface area (Å²) in [5.74, 6) is 0.259. The maximum absolute atomic E-state index is 12.2. The highest BCUT2D eigenvalue weighted by atomic mass is 35.5. The molecule has 0 radical (unpaired) electrons. The van der Waals surface area contributed by atoms with E-state index in [1.54, 1.807) is 25.2 Å². The third kappa shape index (κ3) is 4.03. The molecule has 0 atom stereocenters. The van der Waals surface area contributed by atoms with E-state index in [2.05, 4.69) is 5.16 Å². The molecule has 1 aromatic rings. The van der Waals surface area contributed by atoms with E-state index in [1.165, 1.54) is 12.0 Å². The first kappa shape index (κ1) is 15.1. The molecule has 0 aromatic heterocycles. The van der Waals surface area contributed by atoms with Crippen molar-refractivity contribution >= 4 is 23.3 Å². The summed E-state index contributed by atoms with van der Waals surface area (Å²) in [6.45, 7) is 0.334. The standard InChI is InChI=1S/C12H16ClN3O3/c1-16(6-5-11(14)15-18)12(17)9-4-3-8(13)7-10(9)19-2/h3-4,7,18H,5-6H2,1-2H3,(H2,14,15). The summed E-state index contributed by atoms with van der Waals surface area (Å²) >= 11 is 5.84. The van der Waals surface area contributed by atoms with Crippen LogP contribution >= 0.6 is 11.6 Å². The van der Waals surface area contributed by atoms with Crippen molar-refractivity contribution in [1.29, 1.82) is 0 Å². The Morgan fingerprint density at radius 1 is 1.58 bits per heavy atom. The summed E-state index contributed by atoms with van der Waals surface area (Å²) < 4.78 is 5.12. The van der Waals surface area contributed by atoms with Crippen molar-refractivity contribution < 1.29 is 14.7 Å². The van der Waals surface area contributed by atoms with Gasteiger partial charge in [0.2, 0.25) is 0 Å². The molecule has 1 amide bonds. The number of oxime groups is 1. The molecule has 0 aliphatic carbocycles. The molecule has 0 aliphatic rings. The van der Waals surface area contributed by atoms with Gasteiger partial charge in [-0.2, -0.15) is 0 Å². The van der Waals surface area contributed by atoms with Crippen LogP contribution in [0.5, 0.6) is 5.75 Å². The molecule has 0 aliphatic heterocycles. The fraction of sp³-hybridized carbons (Fsp3) is 0.333. The fourth-order valence-electron chi connectivity index (χ4n) is 1.48. The van der Waals surface area contributed by atoms with Crippen molar-refractivity contribution in [1.82, 2.24) is 4.90 Å². The SMILES string of the molecule is COc1cc(Cl)ccc1C(=O)N(C)CCC(N)=NO. The van der Waals surface area contributed by atoms with E-state index in [9.17, 15) is 4.79 Å². The van der Waals surface area contributed by atoms with Crippen LogP contribution in [0.1, 0.15) is 16.8 Å². The van der Waals surface area contributed by atoms with E-state index < -0.39 is 0 Å². The molecule has 6 nitrogen and oxygen atoms in total. The molecule has 0 saturated heterocycles. The molecule has 0 spiro atoms. The molecule has 0 fully saturated rings. The van der Waals surface area contributed by atoms with Gasteiger partial charge in [0.05, 0.1) is 12.7 Å². The van der Waals surface area contributed by atoms with Crippen molar-refractivity contribution in [3.63, 3.8) is 0 Å². The molecule has 0 saturated carbocycles. The molecule has 0 heterocycles. The Hall–Kier alpha value is -1.95. The van der Waals surface area contributed by atoms with Crippen LogP contribution in [0.15, 0.2) is 23.4 Å². The topological polar surface area (TPSA) is 88.2 Å². The Balaban J connectivity index is 2.82. The van der Waals surface area contributed by atoms with Gasteiger partial charge in [0, 0.05) is 25.0 Å². The van der Waals surface area contributed by atoms with Crippen molar-refractivity contribution in [2.24, 2.45) is 10.9 Å². The van der Waals surface area contributed by atoms with Crippen molar-refractivity contribution in [2.45, 2.75) is 6.42 Å². The maximum Gasteiger partial charge on any atom is 0.257 e. The maximum atomic E-state index is 12.2. The van der Waals surface area contributed by atoms with E-state index in [4.69, 9.17) is 27.3 Å². The molecule has 0 bridgehead atoms. The number of hydrogen-bond donors (Lipinski definition) is 2. The van der Waals surface area contributed by atoms with Gasteiger partial charge in [-0.15, -0.1) is 0 Å². The number of amides is 1. The predicted octanol–water partition coefficient (Wildman–Crippen LogP) is 1.56. The average molecular weight is 286 g/mol. The molecule has 19 heavy (non-hydrogen) atoms. The number of halogens is 1. The zero-order chi connectivity index (χ0) is 14.4. The molecular formula is C12H16ClN3O3. The number of carbonyl (C=O) groups is 1. The molecule has 3 N–H and O–H groups in total. The molecule has 1 rings (SSSR count). The number of amidine groups is 1. The lowest BCUT2D eigenvalue weighted by atomic mass is 10.1. The van der Waals surface area contributed by atoms with Gasteiger partial charge in [0.15, 0.2) is 0 Å². The van der Waals surface area contributed by atoms with Crippen LogP contribution in [0.2, 0.25) is 5.02 Å². The Morgan fingerprint density at radius 3 is 2.84 bits per heavy atom. The van der Waals surface area contributed by atoms with Gasteiger partial charge in [0.25, 0.3) is 5.91 Å². The van der Waals surface area contributed by atoms with Gasteiger partial charge in [-0.25, -0.2) is 0 Å². The second kappa shape index (κ2) is 6.84. The predicted molar refractivity (Wildman–Crippen MR) is 73.0 cm³/mol. The lowest BCUT2D eigenvalue weighted by Gasteiger charge is -2.18. The normalized spacial score (nSPS) is 11.2. The third-order valence-corrected chi connectivity index (χ3v) is 2.81. The number of methoxy groups -OCH3 is 1. The first-order valence-corrected chi connectivity index (χ1v) is 5.92. The van der Waals surface area contributed by atoms with Gasteiger partial charge in [0.1, 0.15) is 11.6 Å². The average Bonchev–Trinajstić information content (AvgIpc) is 2.43. The number of hydrogen-bond acceptors (Lipinski definition) is 4. The molecule has 7 heteroatoms. The number of benzene rings is 1. The minimum Gasteiger partial charge on any atom is -0.496 e. The quantitative estimate of drug-likeness (QED) is 0.372. The fourth-order valence-corrected chi connectivity index (χ4v) is 1.64. The Bertz CT molecular complexity index is 491. The highest BCUT2D eigenvalue weighted by Gasteiger charge is 2.17. The monoisotopic (exact) mass is 285 g/mol. The van der Waals surface area contributed by atoms with E-state index in [0.717, 1.165) is 0 Å². The number of nitrogens with zero attached hydrogens (tertiary/aromatic N) is 2. The summed E-state index contributed by atoms with van der Waals surface area (Å²) in [5, 5.41) is 11.8. The number of nitrogens with two attached hydrogens (primary N) is 1. The van der Waals surface area contributed by atoms with E-state index in [-0.39, 0.29) is 18.2 Å². The van der Waals surface area contributed by atoms with Crippen LogP contribution in [0.25, 0.3) is 0 Å². The van der Waals surface area contributed by atoms with Gasteiger partial charge >= 0.3 is 0 Å². The number of rotatable bonds is 5. The summed E-state index contributed by atoms with van der Waals surface area (Å²) in [6, 6.07) is 4.80. The molecular weight excluding hydrogens is 270 g/mol. The van der Waals surface area contributed by atoms with Crippen molar-refractivity contribution in [3.8, 4) is 5.75 Å². The minimum absolute atomic E-state index is 0.0720. The summed E-state index contributed by atoms with van der Waals surface area (Å²) in [6.07, 6.45) is 0.286. The van der Waals surface area contributed by atoms with Crippen LogP contribution in [0, 0.1) is 0 Å². The lowest BCUT2D eigenvalue weighted by molar-refractivity contribution is 0.0795. The van der Waals surface area contributed by atoms with Crippen LogP contribution < -0.4 is 10.5 Å². The zero-order valence-electron chi connectivity index (χ0n) is 10.8. The first-order valence-electron chi connectivity index (χ1n) is 5.55. The smallest absolute Gasteiger partial charge is 0.257 e. The minimum atomic E-state index is -0.223. The van der Waals surface area contributed by atoms with E-state index in [0.29, 0.717) is 22.9 Å². The van der Waals surface area contributed by atoms with Crippen molar-refractivity contribution in [3.05, 3.63) is 28.8 Å². The highest BCUT2D eigenvalue weighted by Crippen LogP contribution is 2.24. The molecule has 0 unspecified atom stereocenters. The van der Waals surface area contributed by atoms with E-state index in [1.807, 2.05) is 0 Å². The summed E-state index contributed by atoms with van der Waals surface area (Å²) in [5.41, 5.74) is 5.77. The second-order valence-electron chi connectivity index (χ2n) is 3.91.